The van der Waals surface area contributed by atoms with E-state index in [0.717, 1.165) is 30.4 Å². The highest BCUT2D eigenvalue weighted by Gasteiger charge is 2.61. The highest BCUT2D eigenvalue weighted by Crippen LogP contribution is 2.58. The van der Waals surface area contributed by atoms with Gasteiger partial charge in [-0.3, -0.25) is 19.3 Å². The van der Waals surface area contributed by atoms with Crippen molar-refractivity contribution in [3.8, 4) is 11.5 Å². The van der Waals surface area contributed by atoms with E-state index >= 15 is 0 Å². The molecule has 4 heterocycles. The summed E-state index contributed by atoms with van der Waals surface area (Å²) in [7, 11) is -3.62. The molecule has 15 heteroatoms. The van der Waals surface area contributed by atoms with Crippen molar-refractivity contribution in [1.29, 1.82) is 0 Å². The van der Waals surface area contributed by atoms with Crippen LogP contribution in [0, 0.1) is 11.3 Å². The Morgan fingerprint density at radius 1 is 1.02 bits per heavy atom. The number of ether oxygens (including phenoxy) is 4. The third-order valence-corrected chi connectivity index (χ3v) is 13.5. The van der Waals surface area contributed by atoms with E-state index in [0.29, 0.717) is 56.8 Å². The molecule has 3 fully saturated rings. The number of sulfone groups is 1. The van der Waals surface area contributed by atoms with E-state index < -0.39 is 79.7 Å². The van der Waals surface area contributed by atoms with Crippen LogP contribution in [0.5, 0.6) is 11.5 Å². The first-order valence-corrected chi connectivity index (χ1v) is 21.0. The molecule has 6 aliphatic rings. The van der Waals surface area contributed by atoms with Crippen molar-refractivity contribution in [3.63, 3.8) is 0 Å². The average Bonchev–Trinajstić information content (AvgIpc) is 3.99. The quantitative estimate of drug-likeness (QED) is 0.406. The summed E-state index contributed by atoms with van der Waals surface area (Å²) in [6.45, 7) is 6.43. The summed E-state index contributed by atoms with van der Waals surface area (Å²) < 4.78 is 48.9. The topological polar surface area (TPSA) is 175 Å². The number of rotatable bonds is 6. The number of amides is 3. The molecule has 0 radical (unpaired) electrons. The molecular formula is C39H51N3O11S. The van der Waals surface area contributed by atoms with E-state index in [1.54, 1.807) is 20.8 Å². The summed E-state index contributed by atoms with van der Waals surface area (Å²) in [6, 6.07) is 1.64. The second-order valence-corrected chi connectivity index (χ2v) is 18.9. The van der Waals surface area contributed by atoms with Gasteiger partial charge in [0.15, 0.2) is 32.9 Å². The number of nitrogens with zero attached hydrogens (tertiary/aromatic N) is 2. The number of hydrogen-bond donors (Lipinski definition) is 1. The summed E-state index contributed by atoms with van der Waals surface area (Å²) in [4.78, 5) is 72.2. The molecule has 0 bridgehead atoms. The molecule has 54 heavy (non-hydrogen) atoms. The molecule has 1 N–H and O–H groups in total. The largest absolute Gasteiger partial charge is 0.486 e. The van der Waals surface area contributed by atoms with Crippen LogP contribution in [0.1, 0.15) is 96.1 Å². The monoisotopic (exact) mass is 769 g/mol. The van der Waals surface area contributed by atoms with E-state index in [1.165, 1.54) is 9.80 Å². The highest BCUT2D eigenvalue weighted by atomic mass is 32.2. The molecule has 4 aliphatic heterocycles. The Bertz CT molecular complexity index is 1830. The smallest absolute Gasteiger partial charge is 0.410 e. The fourth-order valence-corrected chi connectivity index (χ4v) is 9.97. The van der Waals surface area contributed by atoms with E-state index in [1.807, 2.05) is 24.3 Å². The Kier molecular flexibility index (Phi) is 10.5. The van der Waals surface area contributed by atoms with Gasteiger partial charge in [0.05, 0.1) is 24.4 Å². The Morgan fingerprint density at radius 2 is 1.80 bits per heavy atom. The lowest BCUT2D eigenvalue weighted by molar-refractivity contribution is -0.140. The van der Waals surface area contributed by atoms with Gasteiger partial charge in [0.25, 0.3) is 0 Å². The van der Waals surface area contributed by atoms with Crippen molar-refractivity contribution >= 4 is 39.5 Å². The molecule has 1 saturated heterocycles. The molecule has 0 spiro atoms. The van der Waals surface area contributed by atoms with Gasteiger partial charge in [0.1, 0.15) is 36.7 Å². The number of alkyl carbamates (subject to hydrolysis) is 1. The van der Waals surface area contributed by atoms with Crippen molar-refractivity contribution in [2.45, 2.75) is 127 Å². The molecule has 5 atom stereocenters. The molecule has 2 aliphatic carbocycles. The molecule has 3 amide bonds. The second kappa shape index (κ2) is 14.8. The van der Waals surface area contributed by atoms with Crippen LogP contribution in [-0.2, 0) is 46.8 Å². The maximum Gasteiger partial charge on any atom is 0.410 e. The molecule has 1 aromatic carbocycles. The number of benzene rings is 1. The lowest BCUT2D eigenvalue weighted by Crippen LogP contribution is -2.53. The summed E-state index contributed by atoms with van der Waals surface area (Å²) in [5, 5.41) is 2.22. The van der Waals surface area contributed by atoms with Crippen molar-refractivity contribution in [1.82, 2.24) is 15.1 Å². The van der Waals surface area contributed by atoms with Gasteiger partial charge >= 0.3 is 12.2 Å². The first kappa shape index (κ1) is 38.1. The lowest BCUT2D eigenvalue weighted by Gasteiger charge is -2.30. The Morgan fingerprint density at radius 3 is 2.56 bits per heavy atom. The zero-order chi connectivity index (χ0) is 38.4. The summed E-state index contributed by atoms with van der Waals surface area (Å²) >= 11 is 0. The molecule has 7 rings (SSSR count). The zero-order valence-corrected chi connectivity index (χ0v) is 32.1. The van der Waals surface area contributed by atoms with E-state index in [4.69, 9.17) is 18.9 Å². The van der Waals surface area contributed by atoms with Crippen molar-refractivity contribution < 1.29 is 51.3 Å². The van der Waals surface area contributed by atoms with Crippen LogP contribution in [0.4, 0.5) is 9.59 Å². The maximum absolute atomic E-state index is 14.4. The van der Waals surface area contributed by atoms with E-state index in [9.17, 15) is 32.4 Å². The van der Waals surface area contributed by atoms with Gasteiger partial charge in [-0.25, -0.2) is 18.0 Å². The van der Waals surface area contributed by atoms with Crippen LogP contribution in [-0.4, -0.2) is 102 Å². The minimum atomic E-state index is -3.62. The standard InChI is InChI=1S/C39H51N3O11S/c1-38(2,3)53-36(46)40-29-10-8-6-4-5-7-9-25-18-39(25,33(44)23-54(48,49)27-12-13-27)19-31(43)30-17-26(21-42(30)35(29)45)52-37(47)41-20-24-11-14-32-34(28(24)22-41)51-16-15-50-32/h7,9,11,14,25-27,29-30H,4-6,8,10,12-13,15-23H2,1-3H3,(H,40,46)/b9-7-/t25-,26-,29+,30+,39-/m1/s1. The number of Topliss-reactive ketones (excluding diaryl/α,β-unsaturated/α-hetero) is 2. The van der Waals surface area contributed by atoms with Gasteiger partial charge in [0, 0.05) is 30.4 Å². The van der Waals surface area contributed by atoms with Gasteiger partial charge in [0.2, 0.25) is 5.91 Å². The molecule has 1 aromatic rings. The van der Waals surface area contributed by atoms with Gasteiger partial charge in [-0.05, 0) is 76.8 Å². The number of ketones is 2. The summed E-state index contributed by atoms with van der Waals surface area (Å²) in [5.41, 5.74) is -0.244. The number of nitrogens with one attached hydrogen (secondary N) is 1. The predicted molar refractivity (Wildman–Crippen MR) is 194 cm³/mol. The van der Waals surface area contributed by atoms with Crippen LogP contribution >= 0.6 is 0 Å². The average molecular weight is 770 g/mol. The number of carbonyl (C=O) groups excluding carboxylic acids is 5. The highest BCUT2D eigenvalue weighted by molar-refractivity contribution is 7.93. The van der Waals surface area contributed by atoms with Gasteiger partial charge in [-0.1, -0.05) is 31.1 Å². The van der Waals surface area contributed by atoms with Crippen LogP contribution < -0.4 is 14.8 Å². The number of allylic oxidation sites excluding steroid dienone is 2. The number of hydrogen-bond acceptors (Lipinski definition) is 11. The van der Waals surface area contributed by atoms with Gasteiger partial charge < -0.3 is 29.2 Å². The molecular weight excluding hydrogens is 719 g/mol. The number of carbonyl (C=O) groups is 5. The third kappa shape index (κ3) is 8.25. The van der Waals surface area contributed by atoms with Crippen LogP contribution in [0.3, 0.4) is 0 Å². The molecule has 2 saturated carbocycles. The second-order valence-electron chi connectivity index (χ2n) is 16.6. The first-order chi connectivity index (χ1) is 25.6. The minimum Gasteiger partial charge on any atom is -0.486 e. The first-order valence-electron chi connectivity index (χ1n) is 19.2. The zero-order valence-electron chi connectivity index (χ0n) is 31.3. The molecule has 14 nitrogen and oxygen atoms in total. The van der Waals surface area contributed by atoms with Gasteiger partial charge in [-0.2, -0.15) is 0 Å². The molecule has 294 valence electrons. The lowest BCUT2D eigenvalue weighted by atomic mass is 9.88. The third-order valence-electron chi connectivity index (χ3n) is 11.3. The van der Waals surface area contributed by atoms with E-state index in [-0.39, 0.29) is 38.4 Å². The van der Waals surface area contributed by atoms with Crippen LogP contribution in [0.25, 0.3) is 0 Å². The number of fused-ring (bicyclic) bond motifs is 5. The Labute approximate surface area is 316 Å². The van der Waals surface area contributed by atoms with Crippen molar-refractivity contribution in [2.24, 2.45) is 11.3 Å². The van der Waals surface area contributed by atoms with Crippen molar-refractivity contribution in [3.05, 3.63) is 35.4 Å². The van der Waals surface area contributed by atoms with Crippen LogP contribution in [0.15, 0.2) is 24.3 Å². The fraction of sp³-hybridized carbons (Fsp3) is 0.667. The molecule has 0 unspecified atom stereocenters. The van der Waals surface area contributed by atoms with Gasteiger partial charge in [-0.15, -0.1) is 0 Å². The van der Waals surface area contributed by atoms with Crippen molar-refractivity contribution in [2.75, 3.05) is 25.5 Å². The minimum absolute atomic E-state index is 0.00619. The SMILES string of the molecule is CC(C)(C)OC(=O)N[C@H]1CCCCC/C=C\[C@@H]2C[C@@]2(C(=O)CS(=O)(=O)C2CC2)CC(=O)[C@@H]2C[C@@H](OC(=O)N3Cc4ccc5c(c4C3)OCCO5)CN2C1=O. The summed E-state index contributed by atoms with van der Waals surface area (Å²) in [6.07, 6.45) is 6.08. The predicted octanol–water partition coefficient (Wildman–Crippen LogP) is 4.40. The Balaban J connectivity index is 1.12. The normalized spacial score (nSPS) is 29.2. The maximum atomic E-state index is 14.4. The molecule has 0 aromatic heterocycles. The van der Waals surface area contributed by atoms with E-state index in [2.05, 4.69) is 5.32 Å². The fourth-order valence-electron chi connectivity index (χ4n) is 8.23. The van der Waals surface area contributed by atoms with Crippen LogP contribution in [0.2, 0.25) is 0 Å². The summed E-state index contributed by atoms with van der Waals surface area (Å²) in [5.74, 6) is -1.03. The Hall–Kier alpha value is -4.14.